The van der Waals surface area contributed by atoms with Crippen LogP contribution in [0.25, 0.3) is 10.9 Å². The molecule has 0 spiro atoms. The lowest BCUT2D eigenvalue weighted by atomic mass is 10.1. The van der Waals surface area contributed by atoms with Gasteiger partial charge in [-0.25, -0.2) is 0 Å². The normalized spacial score (nSPS) is 13.5. The van der Waals surface area contributed by atoms with Crippen molar-refractivity contribution in [2.24, 2.45) is 0 Å². The van der Waals surface area contributed by atoms with Crippen molar-refractivity contribution in [3.8, 4) is 0 Å². The third kappa shape index (κ3) is 2.26. The van der Waals surface area contributed by atoms with Crippen molar-refractivity contribution in [3.63, 3.8) is 0 Å². The first-order valence-electron chi connectivity index (χ1n) is 5.57. The zero-order chi connectivity index (χ0) is 11.5. The van der Waals surface area contributed by atoms with E-state index in [4.69, 9.17) is 0 Å². The van der Waals surface area contributed by atoms with E-state index in [1.807, 2.05) is 44.6 Å². The Morgan fingerprint density at radius 2 is 2.06 bits per heavy atom. The van der Waals surface area contributed by atoms with Crippen LogP contribution in [-0.2, 0) is 0 Å². The Balaban J connectivity index is 2.19. The molecule has 0 fully saturated rings. The number of fused-ring (bicyclic) bond motifs is 1. The Morgan fingerprint density at radius 3 is 2.81 bits per heavy atom. The van der Waals surface area contributed by atoms with Gasteiger partial charge in [-0.05, 0) is 26.6 Å². The lowest BCUT2D eigenvalue weighted by Gasteiger charge is -2.13. The highest BCUT2D eigenvalue weighted by Crippen LogP contribution is 2.25. The number of hydrogen-bond donors (Lipinski definition) is 2. The molecule has 0 unspecified atom stereocenters. The maximum Gasteiger partial charge on any atom is 0.0822 e. The Hall–Kier alpha value is -1.32. The van der Waals surface area contributed by atoms with Gasteiger partial charge in [0, 0.05) is 29.2 Å². The standard InChI is InChI=1S/C13H18N2O/c1-15(2)8-7-13(16)11-9-14-12-6-4-3-5-10(11)12/h3-6,9,13-14,16H,7-8H2,1-2H3/t13-/m1/s1. The molecular weight excluding hydrogens is 200 g/mol. The molecule has 0 aliphatic rings. The van der Waals surface area contributed by atoms with E-state index in [0.717, 1.165) is 29.4 Å². The van der Waals surface area contributed by atoms with E-state index in [1.165, 1.54) is 0 Å². The van der Waals surface area contributed by atoms with Crippen LogP contribution in [0.4, 0.5) is 0 Å². The molecule has 1 heterocycles. The highest BCUT2D eigenvalue weighted by Gasteiger charge is 2.12. The van der Waals surface area contributed by atoms with E-state index in [0.29, 0.717) is 0 Å². The van der Waals surface area contributed by atoms with Crippen LogP contribution in [0.15, 0.2) is 30.5 Å². The van der Waals surface area contributed by atoms with Crippen LogP contribution in [0.1, 0.15) is 18.1 Å². The summed E-state index contributed by atoms with van der Waals surface area (Å²) in [4.78, 5) is 5.26. The van der Waals surface area contributed by atoms with Gasteiger partial charge in [-0.3, -0.25) is 0 Å². The molecule has 16 heavy (non-hydrogen) atoms. The number of hydrogen-bond acceptors (Lipinski definition) is 2. The van der Waals surface area contributed by atoms with Crippen LogP contribution in [0.3, 0.4) is 0 Å². The van der Waals surface area contributed by atoms with Crippen LogP contribution >= 0.6 is 0 Å². The first-order chi connectivity index (χ1) is 7.68. The molecule has 0 aliphatic carbocycles. The SMILES string of the molecule is CN(C)CC[C@@H](O)c1c[nH]c2ccccc12. The summed E-state index contributed by atoms with van der Waals surface area (Å²) in [5, 5.41) is 11.2. The second-order valence-corrected chi connectivity index (χ2v) is 4.40. The molecule has 3 nitrogen and oxygen atoms in total. The summed E-state index contributed by atoms with van der Waals surface area (Å²) in [5.41, 5.74) is 2.08. The first-order valence-corrected chi connectivity index (χ1v) is 5.57. The Morgan fingerprint density at radius 1 is 1.31 bits per heavy atom. The molecular formula is C13H18N2O. The van der Waals surface area contributed by atoms with Gasteiger partial charge < -0.3 is 15.0 Å². The summed E-state index contributed by atoms with van der Waals surface area (Å²) < 4.78 is 0. The summed E-state index contributed by atoms with van der Waals surface area (Å²) in [6.07, 6.45) is 2.28. The van der Waals surface area contributed by atoms with Crippen LogP contribution in [0.2, 0.25) is 0 Å². The minimum Gasteiger partial charge on any atom is -0.388 e. The molecule has 0 saturated carbocycles. The molecule has 2 rings (SSSR count). The molecule has 0 radical (unpaired) electrons. The van der Waals surface area contributed by atoms with Crippen LogP contribution < -0.4 is 0 Å². The zero-order valence-corrected chi connectivity index (χ0v) is 9.77. The van der Waals surface area contributed by atoms with E-state index in [-0.39, 0.29) is 0 Å². The molecule has 3 heteroatoms. The highest BCUT2D eigenvalue weighted by atomic mass is 16.3. The molecule has 0 bridgehead atoms. The van der Waals surface area contributed by atoms with Crippen LogP contribution in [-0.4, -0.2) is 35.6 Å². The predicted molar refractivity (Wildman–Crippen MR) is 66.4 cm³/mol. The van der Waals surface area contributed by atoms with Crippen molar-refractivity contribution in [1.82, 2.24) is 9.88 Å². The topological polar surface area (TPSA) is 39.3 Å². The van der Waals surface area contributed by atoms with Gasteiger partial charge in [-0.15, -0.1) is 0 Å². The van der Waals surface area contributed by atoms with E-state index >= 15 is 0 Å². The fourth-order valence-electron chi connectivity index (χ4n) is 1.91. The van der Waals surface area contributed by atoms with Gasteiger partial charge in [0.25, 0.3) is 0 Å². The Kier molecular flexibility index (Phi) is 3.27. The number of nitrogens with one attached hydrogen (secondary N) is 1. The lowest BCUT2D eigenvalue weighted by molar-refractivity contribution is 0.155. The maximum absolute atomic E-state index is 10.1. The monoisotopic (exact) mass is 218 g/mol. The molecule has 1 aromatic carbocycles. The van der Waals surface area contributed by atoms with E-state index in [1.54, 1.807) is 0 Å². The number of benzene rings is 1. The molecule has 1 atom stereocenters. The maximum atomic E-state index is 10.1. The first kappa shape index (κ1) is 11.2. The number of aliphatic hydroxyl groups is 1. The van der Waals surface area contributed by atoms with Crippen molar-refractivity contribution >= 4 is 10.9 Å². The fraction of sp³-hybridized carbons (Fsp3) is 0.385. The number of para-hydroxylation sites is 1. The minimum absolute atomic E-state index is 0.390. The molecule has 2 aromatic rings. The van der Waals surface area contributed by atoms with Crippen molar-refractivity contribution in [1.29, 1.82) is 0 Å². The second-order valence-electron chi connectivity index (χ2n) is 4.40. The Bertz CT molecular complexity index is 462. The zero-order valence-electron chi connectivity index (χ0n) is 9.77. The molecule has 0 saturated heterocycles. The molecule has 0 amide bonds. The van der Waals surface area contributed by atoms with Crippen molar-refractivity contribution in [2.75, 3.05) is 20.6 Å². The predicted octanol–water partition coefficient (Wildman–Crippen LogP) is 2.15. The van der Waals surface area contributed by atoms with E-state index < -0.39 is 6.10 Å². The quantitative estimate of drug-likeness (QED) is 0.825. The number of aromatic nitrogens is 1. The average Bonchev–Trinajstić information content (AvgIpc) is 2.69. The summed E-state index contributed by atoms with van der Waals surface area (Å²) in [6.45, 7) is 0.890. The lowest BCUT2D eigenvalue weighted by Crippen LogP contribution is -2.15. The largest absolute Gasteiger partial charge is 0.388 e. The summed E-state index contributed by atoms with van der Waals surface area (Å²) in [7, 11) is 4.03. The van der Waals surface area contributed by atoms with E-state index in [2.05, 4.69) is 9.88 Å². The van der Waals surface area contributed by atoms with Gasteiger partial charge in [0.15, 0.2) is 0 Å². The van der Waals surface area contributed by atoms with Gasteiger partial charge in [0.05, 0.1) is 6.10 Å². The van der Waals surface area contributed by atoms with Crippen molar-refractivity contribution in [3.05, 3.63) is 36.0 Å². The number of aliphatic hydroxyl groups excluding tert-OH is 1. The summed E-state index contributed by atoms with van der Waals surface area (Å²) in [5.74, 6) is 0. The third-order valence-corrected chi connectivity index (χ3v) is 2.83. The van der Waals surface area contributed by atoms with E-state index in [9.17, 15) is 5.11 Å². The van der Waals surface area contributed by atoms with Crippen molar-refractivity contribution in [2.45, 2.75) is 12.5 Å². The van der Waals surface area contributed by atoms with Crippen molar-refractivity contribution < 1.29 is 5.11 Å². The number of nitrogens with zero attached hydrogens (tertiary/aromatic N) is 1. The van der Waals surface area contributed by atoms with Gasteiger partial charge in [0.2, 0.25) is 0 Å². The molecule has 0 aliphatic heterocycles. The summed E-state index contributed by atoms with van der Waals surface area (Å²) in [6, 6.07) is 8.06. The van der Waals surface area contributed by atoms with Gasteiger partial charge >= 0.3 is 0 Å². The average molecular weight is 218 g/mol. The third-order valence-electron chi connectivity index (χ3n) is 2.83. The number of rotatable bonds is 4. The van der Waals surface area contributed by atoms with Gasteiger partial charge in [-0.2, -0.15) is 0 Å². The molecule has 86 valence electrons. The fourth-order valence-corrected chi connectivity index (χ4v) is 1.91. The smallest absolute Gasteiger partial charge is 0.0822 e. The second kappa shape index (κ2) is 4.68. The molecule has 2 N–H and O–H groups in total. The van der Waals surface area contributed by atoms with Crippen LogP contribution in [0.5, 0.6) is 0 Å². The number of aromatic amines is 1. The molecule has 1 aromatic heterocycles. The highest BCUT2D eigenvalue weighted by molar-refractivity contribution is 5.83. The van der Waals surface area contributed by atoms with Gasteiger partial charge in [-0.1, -0.05) is 18.2 Å². The minimum atomic E-state index is -0.390. The number of H-pyrrole nitrogens is 1. The summed E-state index contributed by atoms with van der Waals surface area (Å²) >= 11 is 0. The Labute approximate surface area is 95.7 Å². The van der Waals surface area contributed by atoms with Crippen LogP contribution in [0, 0.1) is 0 Å². The van der Waals surface area contributed by atoms with Gasteiger partial charge in [0.1, 0.15) is 0 Å².